The van der Waals surface area contributed by atoms with Crippen LogP contribution < -0.4 is 10.1 Å². The molecule has 0 aliphatic heterocycles. The Labute approximate surface area is 138 Å². The zero-order chi connectivity index (χ0) is 16.2. The van der Waals surface area contributed by atoms with E-state index in [1.165, 1.54) is 11.5 Å². The quantitative estimate of drug-likeness (QED) is 0.728. The van der Waals surface area contributed by atoms with Crippen molar-refractivity contribution in [2.24, 2.45) is 0 Å². The molecule has 0 spiro atoms. The third-order valence-corrected chi connectivity index (χ3v) is 4.42. The first-order chi connectivity index (χ1) is 11.2. The monoisotopic (exact) mass is 330 g/mol. The van der Waals surface area contributed by atoms with Crippen LogP contribution in [0.3, 0.4) is 0 Å². The number of benzene rings is 1. The highest BCUT2D eigenvalue weighted by atomic mass is 32.1. The third-order valence-electron chi connectivity index (χ3n) is 3.59. The fourth-order valence-electron chi connectivity index (χ4n) is 2.46. The first-order valence-corrected chi connectivity index (χ1v) is 8.22. The first-order valence-electron chi connectivity index (χ1n) is 7.45. The van der Waals surface area contributed by atoms with Gasteiger partial charge in [0.05, 0.1) is 30.1 Å². The molecule has 3 rings (SSSR count). The van der Waals surface area contributed by atoms with Crippen molar-refractivity contribution in [1.29, 1.82) is 0 Å². The highest BCUT2D eigenvalue weighted by Gasteiger charge is 2.13. The molecule has 0 radical (unpaired) electrons. The zero-order valence-corrected chi connectivity index (χ0v) is 13.9. The number of nitrogens with one attached hydrogen (secondary N) is 2. The van der Waals surface area contributed by atoms with Gasteiger partial charge in [0.2, 0.25) is 5.91 Å². The SMILES string of the molecule is CCOc1cccc2[nH]cc(CC(=O)NCc3snnc3C)c12. The Kier molecular flexibility index (Phi) is 4.57. The van der Waals surface area contributed by atoms with Crippen molar-refractivity contribution in [2.45, 2.75) is 26.8 Å². The maximum absolute atomic E-state index is 12.2. The summed E-state index contributed by atoms with van der Waals surface area (Å²) in [4.78, 5) is 16.4. The van der Waals surface area contributed by atoms with E-state index in [0.29, 0.717) is 19.6 Å². The smallest absolute Gasteiger partial charge is 0.224 e. The van der Waals surface area contributed by atoms with Crippen LogP contribution in [-0.4, -0.2) is 27.1 Å². The maximum atomic E-state index is 12.2. The Bertz CT molecular complexity index is 824. The van der Waals surface area contributed by atoms with Crippen molar-refractivity contribution in [2.75, 3.05) is 6.61 Å². The van der Waals surface area contributed by atoms with Gasteiger partial charge in [-0.15, -0.1) is 5.10 Å². The van der Waals surface area contributed by atoms with E-state index in [-0.39, 0.29) is 5.91 Å². The van der Waals surface area contributed by atoms with Crippen molar-refractivity contribution in [3.8, 4) is 5.75 Å². The molecule has 7 heteroatoms. The van der Waals surface area contributed by atoms with E-state index in [0.717, 1.165) is 32.8 Å². The number of nitrogens with zero attached hydrogens (tertiary/aromatic N) is 2. The Hall–Kier alpha value is -2.41. The highest BCUT2D eigenvalue weighted by Crippen LogP contribution is 2.29. The lowest BCUT2D eigenvalue weighted by Gasteiger charge is -2.07. The Morgan fingerprint density at radius 2 is 2.30 bits per heavy atom. The van der Waals surface area contributed by atoms with Crippen molar-refractivity contribution < 1.29 is 9.53 Å². The lowest BCUT2D eigenvalue weighted by Crippen LogP contribution is -2.24. The average Bonchev–Trinajstić information content (AvgIpc) is 3.13. The van der Waals surface area contributed by atoms with E-state index < -0.39 is 0 Å². The molecule has 0 fully saturated rings. The van der Waals surface area contributed by atoms with Crippen molar-refractivity contribution in [1.82, 2.24) is 19.9 Å². The molecule has 2 N–H and O–H groups in total. The molecule has 0 aliphatic rings. The number of ether oxygens (including phenoxy) is 1. The molecule has 23 heavy (non-hydrogen) atoms. The van der Waals surface area contributed by atoms with E-state index in [4.69, 9.17) is 4.74 Å². The summed E-state index contributed by atoms with van der Waals surface area (Å²) in [7, 11) is 0. The molecule has 120 valence electrons. The van der Waals surface area contributed by atoms with Crippen molar-refractivity contribution in [3.05, 3.63) is 40.5 Å². The number of aromatic nitrogens is 3. The number of carbonyl (C=O) groups excluding carboxylic acids is 1. The molecule has 0 saturated carbocycles. The summed E-state index contributed by atoms with van der Waals surface area (Å²) in [5, 5.41) is 7.83. The number of rotatable bonds is 6. The van der Waals surface area contributed by atoms with Crippen LogP contribution in [0.25, 0.3) is 10.9 Å². The maximum Gasteiger partial charge on any atom is 0.224 e. The summed E-state index contributed by atoms with van der Waals surface area (Å²) in [5.41, 5.74) is 2.77. The first kappa shape index (κ1) is 15.5. The van der Waals surface area contributed by atoms with Gasteiger partial charge < -0.3 is 15.0 Å². The van der Waals surface area contributed by atoms with Gasteiger partial charge in [-0.05, 0) is 43.1 Å². The van der Waals surface area contributed by atoms with Crippen LogP contribution in [0.15, 0.2) is 24.4 Å². The van der Waals surface area contributed by atoms with E-state index in [1.54, 1.807) is 0 Å². The molecule has 0 bridgehead atoms. The normalized spacial score (nSPS) is 10.9. The second-order valence-electron chi connectivity index (χ2n) is 5.16. The predicted molar refractivity (Wildman–Crippen MR) is 89.7 cm³/mol. The standard InChI is InChI=1S/C16H18N4O2S/c1-3-22-13-6-4-5-12-16(13)11(8-17-12)7-15(21)18-9-14-10(2)19-20-23-14/h4-6,8,17H,3,7,9H2,1-2H3,(H,18,21). The Morgan fingerprint density at radius 1 is 1.43 bits per heavy atom. The molecule has 0 aliphatic carbocycles. The van der Waals surface area contributed by atoms with Gasteiger partial charge in [-0.25, -0.2) is 0 Å². The third kappa shape index (κ3) is 3.34. The summed E-state index contributed by atoms with van der Waals surface area (Å²) < 4.78 is 9.53. The number of amides is 1. The van der Waals surface area contributed by atoms with E-state index in [1.807, 2.05) is 38.2 Å². The fourth-order valence-corrected chi connectivity index (χ4v) is 3.03. The average molecular weight is 330 g/mol. The van der Waals surface area contributed by atoms with Crippen LogP contribution in [-0.2, 0) is 17.8 Å². The highest BCUT2D eigenvalue weighted by molar-refractivity contribution is 7.05. The minimum absolute atomic E-state index is 0.0370. The van der Waals surface area contributed by atoms with Crippen LogP contribution in [0.1, 0.15) is 23.1 Å². The van der Waals surface area contributed by atoms with Crippen LogP contribution in [0.2, 0.25) is 0 Å². The molecule has 1 aromatic carbocycles. The van der Waals surface area contributed by atoms with E-state index in [2.05, 4.69) is 19.9 Å². The number of aryl methyl sites for hydroxylation is 1. The topological polar surface area (TPSA) is 79.9 Å². The predicted octanol–water partition coefficient (Wildman–Crippen LogP) is 2.59. The number of hydrogen-bond acceptors (Lipinski definition) is 5. The number of aromatic amines is 1. The van der Waals surface area contributed by atoms with Gasteiger partial charge in [0.1, 0.15) is 5.75 Å². The molecule has 0 atom stereocenters. The molecule has 6 nitrogen and oxygen atoms in total. The van der Waals surface area contributed by atoms with Gasteiger partial charge >= 0.3 is 0 Å². The second-order valence-corrected chi connectivity index (χ2v) is 6.00. The van der Waals surface area contributed by atoms with Gasteiger partial charge in [0, 0.05) is 17.1 Å². The largest absolute Gasteiger partial charge is 0.493 e. The molecule has 0 unspecified atom stereocenters. The molecule has 0 saturated heterocycles. The minimum atomic E-state index is -0.0370. The van der Waals surface area contributed by atoms with Gasteiger partial charge in [0.15, 0.2) is 0 Å². The number of fused-ring (bicyclic) bond motifs is 1. The molecule has 1 amide bonds. The Balaban J connectivity index is 1.73. The van der Waals surface area contributed by atoms with Crippen molar-refractivity contribution in [3.63, 3.8) is 0 Å². The number of H-pyrrole nitrogens is 1. The molecule has 2 heterocycles. The summed E-state index contributed by atoms with van der Waals surface area (Å²) >= 11 is 1.31. The second kappa shape index (κ2) is 6.78. The van der Waals surface area contributed by atoms with Gasteiger partial charge in [0.25, 0.3) is 0 Å². The van der Waals surface area contributed by atoms with Crippen molar-refractivity contribution >= 4 is 28.3 Å². The molecular formula is C16H18N4O2S. The lowest BCUT2D eigenvalue weighted by atomic mass is 10.1. The summed E-state index contributed by atoms with van der Waals surface area (Å²) in [6.07, 6.45) is 2.17. The Morgan fingerprint density at radius 3 is 3.04 bits per heavy atom. The van der Waals surface area contributed by atoms with Crippen LogP contribution in [0.5, 0.6) is 5.75 Å². The summed E-state index contributed by atoms with van der Waals surface area (Å²) in [6.45, 7) is 4.89. The van der Waals surface area contributed by atoms with Gasteiger partial charge in [-0.3, -0.25) is 4.79 Å². The summed E-state index contributed by atoms with van der Waals surface area (Å²) in [5.74, 6) is 0.765. The number of carbonyl (C=O) groups is 1. The molecule has 2 aromatic heterocycles. The van der Waals surface area contributed by atoms with Crippen LogP contribution in [0, 0.1) is 6.92 Å². The minimum Gasteiger partial charge on any atom is -0.493 e. The van der Waals surface area contributed by atoms with E-state index in [9.17, 15) is 4.79 Å². The number of hydrogen-bond donors (Lipinski definition) is 2. The summed E-state index contributed by atoms with van der Waals surface area (Å²) in [6, 6.07) is 5.84. The van der Waals surface area contributed by atoms with E-state index >= 15 is 0 Å². The molecular weight excluding hydrogens is 312 g/mol. The van der Waals surface area contributed by atoms with Crippen LogP contribution in [0.4, 0.5) is 0 Å². The lowest BCUT2D eigenvalue weighted by molar-refractivity contribution is -0.120. The zero-order valence-electron chi connectivity index (χ0n) is 13.0. The fraction of sp³-hybridized carbons (Fsp3) is 0.312. The van der Waals surface area contributed by atoms with Crippen LogP contribution >= 0.6 is 11.5 Å². The van der Waals surface area contributed by atoms with Gasteiger partial charge in [-0.2, -0.15) is 0 Å². The molecule has 3 aromatic rings. The van der Waals surface area contributed by atoms with Gasteiger partial charge in [-0.1, -0.05) is 10.6 Å².